The first-order valence-corrected chi connectivity index (χ1v) is 6.61. The molecule has 0 bridgehead atoms. The molecule has 0 aromatic carbocycles. The van der Waals surface area contributed by atoms with Crippen molar-refractivity contribution in [1.82, 2.24) is 5.32 Å². The molecule has 0 saturated carbocycles. The first kappa shape index (κ1) is 14.7. The lowest BCUT2D eigenvalue weighted by Gasteiger charge is -2.17. The minimum Gasteiger partial charge on any atom is -0.311 e. The van der Waals surface area contributed by atoms with Gasteiger partial charge >= 0.3 is 0 Å². The van der Waals surface area contributed by atoms with Gasteiger partial charge in [-0.3, -0.25) is 0 Å². The number of hydrogen-bond acceptors (Lipinski definition) is 1. The van der Waals surface area contributed by atoms with Gasteiger partial charge in [0.1, 0.15) is 0 Å². The summed E-state index contributed by atoms with van der Waals surface area (Å²) in [5.41, 5.74) is 1.28. The van der Waals surface area contributed by atoms with Gasteiger partial charge in [-0.25, -0.2) is 0 Å². The summed E-state index contributed by atoms with van der Waals surface area (Å²) in [6.45, 7) is 11.6. The third kappa shape index (κ3) is 8.68. The van der Waals surface area contributed by atoms with Gasteiger partial charge in [-0.15, -0.1) is 0 Å². The van der Waals surface area contributed by atoms with Crippen molar-refractivity contribution in [3.05, 3.63) is 12.2 Å². The van der Waals surface area contributed by atoms with Crippen molar-refractivity contribution in [2.24, 2.45) is 0 Å². The highest BCUT2D eigenvalue weighted by molar-refractivity contribution is 5.00. The fourth-order valence-corrected chi connectivity index (χ4v) is 1.90. The van der Waals surface area contributed by atoms with Crippen LogP contribution in [-0.2, 0) is 0 Å². The molecule has 1 nitrogen and oxygen atoms in total. The highest BCUT2D eigenvalue weighted by atomic mass is 14.9. The van der Waals surface area contributed by atoms with E-state index in [0.29, 0.717) is 6.04 Å². The predicted molar refractivity (Wildman–Crippen MR) is 70.3 cm³/mol. The quantitative estimate of drug-likeness (QED) is 0.420. The van der Waals surface area contributed by atoms with Gasteiger partial charge in [-0.2, -0.15) is 0 Å². The Morgan fingerprint density at radius 1 is 1.07 bits per heavy atom. The van der Waals surface area contributed by atoms with Gasteiger partial charge in [0.25, 0.3) is 0 Å². The first-order valence-electron chi connectivity index (χ1n) is 6.61. The second kappa shape index (κ2) is 10.2. The molecule has 0 heterocycles. The zero-order valence-corrected chi connectivity index (χ0v) is 10.9. The largest absolute Gasteiger partial charge is 0.311 e. The van der Waals surface area contributed by atoms with Crippen LogP contribution < -0.4 is 5.32 Å². The van der Waals surface area contributed by atoms with Crippen molar-refractivity contribution in [2.75, 3.05) is 6.54 Å². The molecule has 0 radical (unpaired) electrons. The van der Waals surface area contributed by atoms with Crippen LogP contribution in [0.3, 0.4) is 0 Å². The SMILES string of the molecule is C=C(C)C(CCCCCCCC)NCC. The van der Waals surface area contributed by atoms with Crippen LogP contribution in [-0.4, -0.2) is 12.6 Å². The molecule has 15 heavy (non-hydrogen) atoms. The number of unbranched alkanes of at least 4 members (excludes halogenated alkanes) is 5. The maximum atomic E-state index is 4.04. The van der Waals surface area contributed by atoms with Gasteiger partial charge in [-0.05, 0) is 19.9 Å². The summed E-state index contributed by atoms with van der Waals surface area (Å²) in [6.07, 6.45) is 9.54. The second-order valence-corrected chi connectivity index (χ2v) is 4.51. The monoisotopic (exact) mass is 211 g/mol. The summed E-state index contributed by atoms with van der Waals surface area (Å²) in [5.74, 6) is 0. The zero-order chi connectivity index (χ0) is 11.5. The molecule has 0 aliphatic heterocycles. The number of hydrogen-bond donors (Lipinski definition) is 1. The predicted octanol–water partition coefficient (Wildman–Crippen LogP) is 4.29. The van der Waals surface area contributed by atoms with Crippen molar-refractivity contribution >= 4 is 0 Å². The molecule has 1 N–H and O–H groups in total. The zero-order valence-electron chi connectivity index (χ0n) is 10.9. The van der Waals surface area contributed by atoms with Gasteiger partial charge in [0.15, 0.2) is 0 Å². The van der Waals surface area contributed by atoms with Gasteiger partial charge in [0.05, 0.1) is 0 Å². The van der Waals surface area contributed by atoms with Crippen LogP contribution in [0.15, 0.2) is 12.2 Å². The third-order valence-electron chi connectivity index (χ3n) is 2.89. The summed E-state index contributed by atoms with van der Waals surface area (Å²) >= 11 is 0. The van der Waals surface area contributed by atoms with Crippen molar-refractivity contribution in [2.45, 2.75) is 71.8 Å². The normalized spacial score (nSPS) is 12.7. The molecule has 0 amide bonds. The van der Waals surface area contributed by atoms with E-state index in [0.717, 1.165) is 6.54 Å². The average molecular weight is 211 g/mol. The Morgan fingerprint density at radius 3 is 2.20 bits per heavy atom. The van der Waals surface area contributed by atoms with E-state index in [9.17, 15) is 0 Å². The Bertz CT molecular complexity index is 151. The van der Waals surface area contributed by atoms with Crippen LogP contribution >= 0.6 is 0 Å². The van der Waals surface area contributed by atoms with E-state index >= 15 is 0 Å². The van der Waals surface area contributed by atoms with Crippen LogP contribution in [0.5, 0.6) is 0 Å². The second-order valence-electron chi connectivity index (χ2n) is 4.51. The third-order valence-corrected chi connectivity index (χ3v) is 2.89. The lowest BCUT2D eigenvalue weighted by molar-refractivity contribution is 0.505. The molecule has 0 aliphatic carbocycles. The smallest absolute Gasteiger partial charge is 0.0273 e. The van der Waals surface area contributed by atoms with E-state index in [2.05, 4.69) is 32.7 Å². The van der Waals surface area contributed by atoms with E-state index in [4.69, 9.17) is 0 Å². The molecule has 0 spiro atoms. The van der Waals surface area contributed by atoms with Crippen molar-refractivity contribution in [1.29, 1.82) is 0 Å². The molecule has 0 aromatic rings. The summed E-state index contributed by atoms with van der Waals surface area (Å²) in [7, 11) is 0. The maximum absolute atomic E-state index is 4.04. The van der Waals surface area contributed by atoms with Crippen molar-refractivity contribution in [3.63, 3.8) is 0 Å². The van der Waals surface area contributed by atoms with Crippen LogP contribution in [0.25, 0.3) is 0 Å². The highest BCUT2D eigenvalue weighted by Crippen LogP contribution is 2.11. The topological polar surface area (TPSA) is 12.0 Å². The van der Waals surface area contributed by atoms with E-state index in [1.165, 1.54) is 50.5 Å². The van der Waals surface area contributed by atoms with E-state index in [-0.39, 0.29) is 0 Å². The highest BCUT2D eigenvalue weighted by Gasteiger charge is 2.06. The van der Waals surface area contributed by atoms with Gasteiger partial charge < -0.3 is 5.32 Å². The Kier molecular flexibility index (Phi) is 10.0. The minimum absolute atomic E-state index is 0.543. The van der Waals surface area contributed by atoms with Crippen LogP contribution in [0, 0.1) is 0 Å². The molecule has 90 valence electrons. The minimum atomic E-state index is 0.543. The molecule has 1 unspecified atom stereocenters. The molecule has 1 heteroatoms. The standard InChI is InChI=1S/C14H29N/c1-5-7-8-9-10-11-12-14(13(3)4)15-6-2/h14-15H,3,5-12H2,1-2,4H3. The van der Waals surface area contributed by atoms with Gasteiger partial charge in [0.2, 0.25) is 0 Å². The van der Waals surface area contributed by atoms with Crippen molar-refractivity contribution < 1.29 is 0 Å². The van der Waals surface area contributed by atoms with Gasteiger partial charge in [-0.1, -0.05) is 64.5 Å². The fourth-order valence-electron chi connectivity index (χ4n) is 1.90. The summed E-state index contributed by atoms with van der Waals surface area (Å²) in [5, 5.41) is 3.48. The number of nitrogens with one attached hydrogen (secondary N) is 1. The molecule has 0 aromatic heterocycles. The van der Waals surface area contributed by atoms with Crippen molar-refractivity contribution in [3.8, 4) is 0 Å². The Hall–Kier alpha value is -0.300. The summed E-state index contributed by atoms with van der Waals surface area (Å²) in [6, 6.07) is 0.543. The molecule has 0 fully saturated rings. The molecular formula is C14H29N. The molecule has 0 rings (SSSR count). The Morgan fingerprint density at radius 2 is 1.67 bits per heavy atom. The van der Waals surface area contributed by atoms with E-state index < -0.39 is 0 Å². The van der Waals surface area contributed by atoms with E-state index in [1.807, 2.05) is 0 Å². The van der Waals surface area contributed by atoms with Crippen LogP contribution in [0.2, 0.25) is 0 Å². The molecule has 0 saturated heterocycles. The van der Waals surface area contributed by atoms with Crippen LogP contribution in [0.1, 0.15) is 65.7 Å². The fraction of sp³-hybridized carbons (Fsp3) is 0.857. The van der Waals surface area contributed by atoms with Gasteiger partial charge in [0, 0.05) is 6.04 Å². The maximum Gasteiger partial charge on any atom is 0.0273 e. The average Bonchev–Trinajstić information content (AvgIpc) is 2.21. The Balaban J connectivity index is 3.41. The summed E-state index contributed by atoms with van der Waals surface area (Å²) < 4.78 is 0. The van der Waals surface area contributed by atoms with E-state index in [1.54, 1.807) is 0 Å². The lowest BCUT2D eigenvalue weighted by atomic mass is 10.0. The molecular weight excluding hydrogens is 182 g/mol. The number of rotatable bonds is 10. The summed E-state index contributed by atoms with van der Waals surface area (Å²) in [4.78, 5) is 0. The molecule has 0 aliphatic rings. The Labute approximate surface area is 96.3 Å². The lowest BCUT2D eigenvalue weighted by Crippen LogP contribution is -2.29. The van der Waals surface area contributed by atoms with Crippen LogP contribution in [0.4, 0.5) is 0 Å². The first-order chi connectivity index (χ1) is 7.22. The number of likely N-dealkylation sites (N-methyl/N-ethyl adjacent to an activating group) is 1. The molecule has 1 atom stereocenters.